The SMILES string of the molecule is CC1N(C)C=CN1CCCNC(=O)C(O)(c1ccccc1)C1CCCC1. The predicted molar refractivity (Wildman–Crippen MR) is 103 cm³/mol. The zero-order valence-corrected chi connectivity index (χ0v) is 15.9. The van der Waals surface area contributed by atoms with Gasteiger partial charge < -0.3 is 20.2 Å². The van der Waals surface area contributed by atoms with E-state index in [0.717, 1.165) is 38.6 Å². The van der Waals surface area contributed by atoms with Gasteiger partial charge in [-0.3, -0.25) is 4.79 Å². The summed E-state index contributed by atoms with van der Waals surface area (Å²) in [5.41, 5.74) is -0.708. The first-order valence-electron chi connectivity index (χ1n) is 9.75. The van der Waals surface area contributed by atoms with Crippen molar-refractivity contribution >= 4 is 5.91 Å². The first kappa shape index (κ1) is 18.8. The topological polar surface area (TPSA) is 55.8 Å². The number of amides is 1. The Balaban J connectivity index is 1.59. The minimum absolute atomic E-state index is 0.0000808. The molecule has 142 valence electrons. The molecule has 2 aliphatic rings. The molecule has 0 saturated heterocycles. The van der Waals surface area contributed by atoms with E-state index in [4.69, 9.17) is 0 Å². The molecular weight excluding hydrogens is 326 g/mol. The second-order valence-corrected chi connectivity index (χ2v) is 7.56. The maximum atomic E-state index is 13.0. The molecule has 0 bridgehead atoms. The summed E-state index contributed by atoms with van der Waals surface area (Å²) in [6, 6.07) is 9.42. The summed E-state index contributed by atoms with van der Waals surface area (Å²) in [6.45, 7) is 3.61. The molecule has 0 spiro atoms. The van der Waals surface area contributed by atoms with Gasteiger partial charge in [-0.2, -0.15) is 0 Å². The number of rotatable bonds is 7. The van der Waals surface area contributed by atoms with Crippen molar-refractivity contribution in [2.45, 2.75) is 50.8 Å². The van der Waals surface area contributed by atoms with Crippen LogP contribution in [-0.4, -0.2) is 47.1 Å². The largest absolute Gasteiger partial charge is 0.375 e. The summed E-state index contributed by atoms with van der Waals surface area (Å²) in [4.78, 5) is 17.4. The van der Waals surface area contributed by atoms with Crippen molar-refractivity contribution in [3.05, 3.63) is 48.3 Å². The Labute approximate surface area is 156 Å². The summed E-state index contributed by atoms with van der Waals surface area (Å²) in [7, 11) is 2.06. The third kappa shape index (κ3) is 3.73. The summed E-state index contributed by atoms with van der Waals surface area (Å²) in [5, 5.41) is 14.4. The lowest BCUT2D eigenvalue weighted by atomic mass is 9.79. The minimum Gasteiger partial charge on any atom is -0.375 e. The zero-order chi connectivity index (χ0) is 18.6. The number of benzene rings is 1. The van der Waals surface area contributed by atoms with Crippen LogP contribution in [-0.2, 0) is 10.4 Å². The Bertz CT molecular complexity index is 627. The van der Waals surface area contributed by atoms with Gasteiger partial charge in [0.15, 0.2) is 5.60 Å². The number of hydrogen-bond acceptors (Lipinski definition) is 4. The van der Waals surface area contributed by atoms with Crippen molar-refractivity contribution in [1.29, 1.82) is 0 Å². The van der Waals surface area contributed by atoms with Gasteiger partial charge in [0.2, 0.25) is 0 Å². The fourth-order valence-electron chi connectivity index (χ4n) is 4.12. The number of nitrogens with zero attached hydrogens (tertiary/aromatic N) is 2. The minimum atomic E-state index is -1.42. The fourth-order valence-corrected chi connectivity index (χ4v) is 4.12. The molecule has 5 heteroatoms. The van der Waals surface area contributed by atoms with Gasteiger partial charge in [-0.25, -0.2) is 0 Å². The van der Waals surface area contributed by atoms with Crippen LogP contribution in [0.3, 0.4) is 0 Å². The molecule has 1 aliphatic heterocycles. The van der Waals surface area contributed by atoms with Crippen LogP contribution < -0.4 is 5.32 Å². The molecule has 1 aromatic carbocycles. The third-order valence-corrected chi connectivity index (χ3v) is 5.95. The molecule has 3 rings (SSSR count). The fraction of sp³-hybridized carbons (Fsp3) is 0.571. The van der Waals surface area contributed by atoms with Gasteiger partial charge in [0.05, 0.1) is 6.17 Å². The number of carbonyl (C=O) groups is 1. The van der Waals surface area contributed by atoms with E-state index in [-0.39, 0.29) is 11.8 Å². The van der Waals surface area contributed by atoms with Gasteiger partial charge in [-0.05, 0) is 31.7 Å². The molecule has 2 atom stereocenters. The van der Waals surface area contributed by atoms with Gasteiger partial charge in [-0.1, -0.05) is 43.2 Å². The monoisotopic (exact) mass is 357 g/mol. The first-order chi connectivity index (χ1) is 12.5. The highest BCUT2D eigenvalue weighted by Gasteiger charge is 2.46. The molecular formula is C21H31N3O2. The van der Waals surface area contributed by atoms with Crippen molar-refractivity contribution in [1.82, 2.24) is 15.1 Å². The van der Waals surface area contributed by atoms with Gasteiger partial charge in [0, 0.05) is 38.5 Å². The average Bonchev–Trinajstić information content (AvgIpc) is 3.31. The Kier molecular flexibility index (Phi) is 5.87. The summed E-state index contributed by atoms with van der Waals surface area (Å²) < 4.78 is 0. The zero-order valence-electron chi connectivity index (χ0n) is 15.9. The van der Waals surface area contributed by atoms with Crippen LogP contribution in [0.5, 0.6) is 0 Å². The van der Waals surface area contributed by atoms with E-state index < -0.39 is 5.60 Å². The van der Waals surface area contributed by atoms with Crippen LogP contribution in [0.25, 0.3) is 0 Å². The van der Waals surface area contributed by atoms with E-state index in [2.05, 4.69) is 41.5 Å². The summed E-state index contributed by atoms with van der Waals surface area (Å²) in [5.74, 6) is -0.252. The van der Waals surface area contributed by atoms with E-state index in [1.807, 2.05) is 30.3 Å². The standard InChI is InChI=1S/C21H31N3O2/c1-17-23(2)15-16-24(17)14-8-13-22-20(25)21(26,19-11-6-7-12-19)18-9-4-3-5-10-18/h3-5,9-10,15-17,19,26H,6-8,11-14H2,1-2H3,(H,22,25). The lowest BCUT2D eigenvalue weighted by Gasteiger charge is -2.33. The predicted octanol–water partition coefficient (Wildman–Crippen LogP) is 2.64. The van der Waals surface area contributed by atoms with E-state index in [1.165, 1.54) is 0 Å². The summed E-state index contributed by atoms with van der Waals surface area (Å²) >= 11 is 0. The number of carbonyl (C=O) groups excluding carboxylic acids is 1. The van der Waals surface area contributed by atoms with E-state index >= 15 is 0 Å². The maximum Gasteiger partial charge on any atom is 0.256 e. The van der Waals surface area contributed by atoms with Crippen molar-refractivity contribution in [2.75, 3.05) is 20.1 Å². The van der Waals surface area contributed by atoms with E-state index in [1.54, 1.807) is 0 Å². The molecule has 1 saturated carbocycles. The maximum absolute atomic E-state index is 13.0. The van der Waals surface area contributed by atoms with Gasteiger partial charge in [0.25, 0.3) is 5.91 Å². The molecule has 2 N–H and O–H groups in total. The molecule has 2 unspecified atom stereocenters. The number of hydrogen-bond donors (Lipinski definition) is 2. The third-order valence-electron chi connectivity index (χ3n) is 5.95. The Morgan fingerprint density at radius 2 is 1.92 bits per heavy atom. The van der Waals surface area contributed by atoms with Crippen LogP contribution in [0.2, 0.25) is 0 Å². The first-order valence-corrected chi connectivity index (χ1v) is 9.75. The normalized spacial score (nSPS) is 22.7. The van der Waals surface area contributed by atoms with E-state index in [0.29, 0.717) is 18.3 Å². The van der Waals surface area contributed by atoms with Crippen molar-refractivity contribution < 1.29 is 9.90 Å². The summed E-state index contributed by atoms with van der Waals surface area (Å²) in [6.07, 6.45) is 9.33. The Hall–Kier alpha value is -2.01. The smallest absolute Gasteiger partial charge is 0.256 e. The van der Waals surface area contributed by atoms with Crippen LogP contribution in [0.4, 0.5) is 0 Å². The number of aliphatic hydroxyl groups is 1. The molecule has 5 nitrogen and oxygen atoms in total. The van der Waals surface area contributed by atoms with Crippen molar-refractivity contribution in [2.24, 2.45) is 5.92 Å². The van der Waals surface area contributed by atoms with Crippen LogP contribution in [0.1, 0.15) is 44.6 Å². The van der Waals surface area contributed by atoms with Crippen LogP contribution in [0, 0.1) is 5.92 Å². The van der Waals surface area contributed by atoms with Gasteiger partial charge in [0.1, 0.15) is 0 Å². The molecule has 1 amide bonds. The number of nitrogens with one attached hydrogen (secondary N) is 1. The van der Waals surface area contributed by atoms with Gasteiger partial charge >= 0.3 is 0 Å². The van der Waals surface area contributed by atoms with Crippen molar-refractivity contribution in [3.63, 3.8) is 0 Å². The highest BCUT2D eigenvalue weighted by Crippen LogP contribution is 2.40. The van der Waals surface area contributed by atoms with Crippen LogP contribution in [0.15, 0.2) is 42.7 Å². The quantitative estimate of drug-likeness (QED) is 0.737. The van der Waals surface area contributed by atoms with Crippen molar-refractivity contribution in [3.8, 4) is 0 Å². The molecule has 0 radical (unpaired) electrons. The molecule has 26 heavy (non-hydrogen) atoms. The molecule has 1 aliphatic carbocycles. The van der Waals surface area contributed by atoms with Crippen LogP contribution >= 0.6 is 0 Å². The Morgan fingerprint density at radius 3 is 2.54 bits per heavy atom. The van der Waals surface area contributed by atoms with Gasteiger partial charge in [-0.15, -0.1) is 0 Å². The lowest BCUT2D eigenvalue weighted by molar-refractivity contribution is -0.147. The average molecular weight is 357 g/mol. The van der Waals surface area contributed by atoms with E-state index in [9.17, 15) is 9.90 Å². The second-order valence-electron chi connectivity index (χ2n) is 7.56. The molecule has 1 heterocycles. The lowest BCUT2D eigenvalue weighted by Crippen LogP contribution is -2.49. The molecule has 1 fully saturated rings. The molecule has 1 aromatic rings. The second kappa shape index (κ2) is 8.12. The highest BCUT2D eigenvalue weighted by atomic mass is 16.3. The molecule has 0 aromatic heterocycles. The highest BCUT2D eigenvalue weighted by molar-refractivity contribution is 5.86. The Morgan fingerprint density at radius 1 is 1.23 bits per heavy atom.